The van der Waals surface area contributed by atoms with Crippen molar-refractivity contribution in [2.45, 2.75) is 18.9 Å². The molecule has 22 heavy (non-hydrogen) atoms. The summed E-state index contributed by atoms with van der Waals surface area (Å²) in [4.78, 5) is 24.3. The lowest BCUT2D eigenvalue weighted by atomic mass is 10.1. The number of nitrogens with two attached hydrogens (primary N) is 1. The highest BCUT2D eigenvalue weighted by Gasteiger charge is 2.22. The molecule has 7 heteroatoms. The smallest absolute Gasteiger partial charge is 0.252 e. The molecule has 2 rings (SSSR count). The van der Waals surface area contributed by atoms with Gasteiger partial charge in [0.25, 0.3) is 5.91 Å². The number of anilines is 1. The second kappa shape index (κ2) is 7.94. The summed E-state index contributed by atoms with van der Waals surface area (Å²) >= 11 is 0. The Labute approximate surface area is 128 Å². The highest BCUT2D eigenvalue weighted by molar-refractivity contribution is 5.97. The zero-order valence-electron chi connectivity index (χ0n) is 12.1. The van der Waals surface area contributed by atoms with E-state index in [-0.39, 0.29) is 18.2 Å². The topological polar surface area (TPSA) is 113 Å². The van der Waals surface area contributed by atoms with E-state index in [0.717, 1.165) is 0 Å². The van der Waals surface area contributed by atoms with Gasteiger partial charge in [-0.05, 0) is 18.5 Å². The Kier molecular flexibility index (Phi) is 5.67. The molecule has 0 aliphatic carbocycles. The molecule has 1 unspecified atom stereocenters. The van der Waals surface area contributed by atoms with Crippen LogP contribution in [-0.2, 0) is 9.59 Å². The fraction of sp³-hybridized carbons (Fsp3) is 0.267. The van der Waals surface area contributed by atoms with Crippen LogP contribution in [-0.4, -0.2) is 28.6 Å². The zero-order chi connectivity index (χ0) is 15.8. The van der Waals surface area contributed by atoms with Crippen molar-refractivity contribution in [2.24, 2.45) is 5.73 Å². The normalized spacial score (nSPS) is 11.7. The lowest BCUT2D eigenvalue weighted by Crippen LogP contribution is -2.37. The van der Waals surface area contributed by atoms with Crippen molar-refractivity contribution in [3.05, 3.63) is 48.2 Å². The zero-order valence-corrected chi connectivity index (χ0v) is 12.1. The van der Waals surface area contributed by atoms with Crippen molar-refractivity contribution in [1.82, 2.24) is 15.5 Å². The van der Waals surface area contributed by atoms with Crippen LogP contribution in [0.5, 0.6) is 0 Å². The van der Waals surface area contributed by atoms with Crippen molar-refractivity contribution in [2.75, 3.05) is 11.9 Å². The second-order valence-corrected chi connectivity index (χ2v) is 4.76. The van der Waals surface area contributed by atoms with Gasteiger partial charge in [-0.3, -0.25) is 14.7 Å². The summed E-state index contributed by atoms with van der Waals surface area (Å²) in [7, 11) is 0. The molecule has 0 bridgehead atoms. The van der Waals surface area contributed by atoms with E-state index in [1.54, 1.807) is 18.2 Å². The number of carbonyl (C=O) groups is 2. The first kappa shape index (κ1) is 15.7. The maximum atomic E-state index is 12.4. The number of hydrogen-bond acceptors (Lipinski definition) is 4. The van der Waals surface area contributed by atoms with Crippen LogP contribution in [0.25, 0.3) is 0 Å². The van der Waals surface area contributed by atoms with Crippen LogP contribution in [0.4, 0.5) is 5.82 Å². The molecule has 0 aliphatic rings. The van der Waals surface area contributed by atoms with E-state index in [1.165, 1.54) is 6.20 Å². The van der Waals surface area contributed by atoms with Crippen LogP contribution in [0.15, 0.2) is 42.6 Å². The summed E-state index contributed by atoms with van der Waals surface area (Å²) in [6.07, 6.45) is 2.40. The fourth-order valence-electron chi connectivity index (χ4n) is 1.97. The predicted octanol–water partition coefficient (Wildman–Crippen LogP) is 0.945. The van der Waals surface area contributed by atoms with Crippen molar-refractivity contribution < 1.29 is 9.59 Å². The number of rotatable bonds is 7. The molecular weight excluding hydrogens is 282 g/mol. The lowest BCUT2D eigenvalue weighted by molar-refractivity contribution is -0.126. The lowest BCUT2D eigenvalue weighted by Gasteiger charge is -2.18. The highest BCUT2D eigenvalue weighted by Crippen LogP contribution is 2.15. The molecule has 2 amide bonds. The third-order valence-electron chi connectivity index (χ3n) is 3.07. The van der Waals surface area contributed by atoms with Gasteiger partial charge in [0.1, 0.15) is 11.9 Å². The first-order chi connectivity index (χ1) is 10.7. The minimum absolute atomic E-state index is 0.209. The van der Waals surface area contributed by atoms with E-state index < -0.39 is 6.04 Å². The molecule has 5 N–H and O–H groups in total. The third kappa shape index (κ3) is 4.42. The number of H-pyrrole nitrogens is 1. The third-order valence-corrected chi connectivity index (χ3v) is 3.07. The molecule has 0 fully saturated rings. The number of aromatic nitrogens is 2. The molecule has 0 spiro atoms. The molecule has 2 aromatic rings. The summed E-state index contributed by atoms with van der Waals surface area (Å²) in [6.45, 7) is 0.434. The molecule has 7 nitrogen and oxygen atoms in total. The Morgan fingerprint density at radius 1 is 1.23 bits per heavy atom. The number of carbonyl (C=O) groups excluding carboxylic acids is 2. The van der Waals surface area contributed by atoms with Crippen LogP contribution in [0.1, 0.15) is 24.4 Å². The van der Waals surface area contributed by atoms with Gasteiger partial charge in [-0.1, -0.05) is 30.3 Å². The Balaban J connectivity index is 2.10. The molecule has 0 saturated carbocycles. The Morgan fingerprint density at radius 2 is 2.00 bits per heavy atom. The number of nitrogens with one attached hydrogen (secondary N) is 3. The Morgan fingerprint density at radius 3 is 2.64 bits per heavy atom. The van der Waals surface area contributed by atoms with Gasteiger partial charge in [0.15, 0.2) is 0 Å². The summed E-state index contributed by atoms with van der Waals surface area (Å²) in [5.74, 6) is -0.0715. The van der Waals surface area contributed by atoms with Crippen LogP contribution in [0, 0.1) is 0 Å². The monoisotopic (exact) mass is 301 g/mol. The molecule has 1 aromatic heterocycles. The summed E-state index contributed by atoms with van der Waals surface area (Å²) < 4.78 is 0. The van der Waals surface area contributed by atoms with Gasteiger partial charge < -0.3 is 16.4 Å². The maximum Gasteiger partial charge on any atom is 0.252 e. The maximum absolute atomic E-state index is 12.4. The van der Waals surface area contributed by atoms with Gasteiger partial charge in [-0.15, -0.1) is 0 Å². The number of hydrogen-bond donors (Lipinski definition) is 4. The average molecular weight is 301 g/mol. The van der Waals surface area contributed by atoms with E-state index >= 15 is 0 Å². The minimum Gasteiger partial charge on any atom is -0.341 e. The van der Waals surface area contributed by atoms with Gasteiger partial charge in [0.05, 0.1) is 6.20 Å². The van der Waals surface area contributed by atoms with Crippen molar-refractivity contribution >= 4 is 17.6 Å². The Bertz CT molecular complexity index is 598. The van der Waals surface area contributed by atoms with Gasteiger partial charge in [0, 0.05) is 12.5 Å². The fourth-order valence-corrected chi connectivity index (χ4v) is 1.97. The van der Waals surface area contributed by atoms with Crippen LogP contribution in [0.2, 0.25) is 0 Å². The van der Waals surface area contributed by atoms with E-state index in [2.05, 4.69) is 20.8 Å². The van der Waals surface area contributed by atoms with E-state index in [0.29, 0.717) is 24.3 Å². The van der Waals surface area contributed by atoms with E-state index in [1.807, 2.05) is 18.2 Å². The molecule has 1 atom stereocenters. The van der Waals surface area contributed by atoms with Gasteiger partial charge in [0.2, 0.25) is 5.91 Å². The van der Waals surface area contributed by atoms with E-state index in [9.17, 15) is 9.59 Å². The van der Waals surface area contributed by atoms with Crippen molar-refractivity contribution in [1.29, 1.82) is 0 Å². The first-order valence-corrected chi connectivity index (χ1v) is 7.05. The first-order valence-electron chi connectivity index (χ1n) is 7.05. The molecule has 1 aromatic carbocycles. The van der Waals surface area contributed by atoms with Gasteiger partial charge >= 0.3 is 0 Å². The number of aromatic amines is 1. The van der Waals surface area contributed by atoms with Gasteiger partial charge in [-0.2, -0.15) is 5.10 Å². The second-order valence-electron chi connectivity index (χ2n) is 4.76. The molecule has 1 heterocycles. The molecule has 0 aliphatic heterocycles. The quantitative estimate of drug-likeness (QED) is 0.609. The SMILES string of the molecule is NCCCC(=O)NC(C(=O)Nc1ccn[nH]1)c1ccccc1. The largest absolute Gasteiger partial charge is 0.341 e. The van der Waals surface area contributed by atoms with Crippen LogP contribution >= 0.6 is 0 Å². The van der Waals surface area contributed by atoms with Gasteiger partial charge in [-0.25, -0.2) is 0 Å². The number of benzene rings is 1. The van der Waals surface area contributed by atoms with E-state index in [4.69, 9.17) is 5.73 Å². The molecule has 0 radical (unpaired) electrons. The average Bonchev–Trinajstić information content (AvgIpc) is 3.04. The Hall–Kier alpha value is -2.67. The molecule has 0 saturated heterocycles. The predicted molar refractivity (Wildman–Crippen MR) is 82.8 cm³/mol. The highest BCUT2D eigenvalue weighted by atomic mass is 16.2. The standard InChI is InChI=1S/C15H19N5O2/c16-9-4-7-13(21)19-14(11-5-2-1-3-6-11)15(22)18-12-8-10-17-20-12/h1-3,5-6,8,10,14H,4,7,9,16H2,(H,19,21)(H2,17,18,20,22). The number of amides is 2. The summed E-state index contributed by atoms with van der Waals surface area (Å²) in [5, 5.41) is 11.8. The van der Waals surface area contributed by atoms with Crippen molar-refractivity contribution in [3.8, 4) is 0 Å². The van der Waals surface area contributed by atoms with Crippen LogP contribution < -0.4 is 16.4 Å². The van der Waals surface area contributed by atoms with Crippen LogP contribution in [0.3, 0.4) is 0 Å². The summed E-state index contributed by atoms with van der Waals surface area (Å²) in [6, 6.07) is 9.94. The van der Waals surface area contributed by atoms with Crippen molar-refractivity contribution in [3.63, 3.8) is 0 Å². The number of nitrogens with zero attached hydrogens (tertiary/aromatic N) is 1. The summed E-state index contributed by atoms with van der Waals surface area (Å²) in [5.41, 5.74) is 6.11. The molecular formula is C15H19N5O2. The molecule has 116 valence electrons. The minimum atomic E-state index is -0.769.